The van der Waals surface area contributed by atoms with Gasteiger partial charge >= 0.3 is 6.18 Å². The van der Waals surface area contributed by atoms with Gasteiger partial charge < -0.3 is 10.2 Å². The summed E-state index contributed by atoms with van der Waals surface area (Å²) in [7, 11) is 0. The maximum Gasteiger partial charge on any atom is 0.433 e. The van der Waals surface area contributed by atoms with Gasteiger partial charge in [0, 0.05) is 32.0 Å². The van der Waals surface area contributed by atoms with Crippen LogP contribution in [0.5, 0.6) is 0 Å². The van der Waals surface area contributed by atoms with Crippen molar-refractivity contribution in [1.29, 1.82) is 0 Å². The lowest BCUT2D eigenvalue weighted by molar-refractivity contribution is -0.141. The summed E-state index contributed by atoms with van der Waals surface area (Å²) < 4.78 is 38.1. The minimum Gasteiger partial charge on any atom is -0.352 e. The molecule has 1 aliphatic rings. The van der Waals surface area contributed by atoms with Gasteiger partial charge in [0.05, 0.1) is 0 Å². The van der Waals surface area contributed by atoms with E-state index in [1.54, 1.807) is 6.20 Å². The first kappa shape index (κ1) is 18.2. The monoisotopic (exact) mass is 385 g/mol. The first-order valence-corrected chi connectivity index (χ1v) is 8.90. The van der Waals surface area contributed by atoms with Gasteiger partial charge in [-0.1, -0.05) is 30.3 Å². The molecule has 0 spiro atoms. The Bertz CT molecular complexity index is 957. The Hall–Kier alpha value is -3.16. The van der Waals surface area contributed by atoms with Gasteiger partial charge in [-0.25, -0.2) is 15.0 Å². The van der Waals surface area contributed by atoms with Gasteiger partial charge in [0.1, 0.15) is 11.5 Å². The number of anilines is 2. The van der Waals surface area contributed by atoms with E-state index in [1.807, 2.05) is 18.2 Å². The first-order valence-electron chi connectivity index (χ1n) is 8.90. The lowest BCUT2D eigenvalue weighted by atomic mass is 10.00. The molecular formula is C20H18F3N5. The predicted octanol–water partition coefficient (Wildman–Crippen LogP) is 4.07. The molecule has 0 radical (unpaired) electrons. The van der Waals surface area contributed by atoms with E-state index in [0.717, 1.165) is 43.2 Å². The van der Waals surface area contributed by atoms with Gasteiger partial charge in [0.2, 0.25) is 5.95 Å². The summed E-state index contributed by atoms with van der Waals surface area (Å²) >= 11 is 0. The van der Waals surface area contributed by atoms with Crippen molar-refractivity contribution in [1.82, 2.24) is 15.0 Å². The number of aromatic nitrogens is 3. The molecule has 3 aromatic rings. The molecule has 0 saturated carbocycles. The lowest BCUT2D eigenvalue weighted by Gasteiger charge is -2.29. The Kier molecular flexibility index (Phi) is 4.85. The summed E-state index contributed by atoms with van der Waals surface area (Å²) in [4.78, 5) is 14.1. The highest BCUT2D eigenvalue weighted by Gasteiger charge is 2.32. The molecule has 1 aromatic carbocycles. The van der Waals surface area contributed by atoms with Crippen LogP contribution in [0.25, 0.3) is 0 Å². The van der Waals surface area contributed by atoms with Crippen LogP contribution in [0.2, 0.25) is 0 Å². The highest BCUT2D eigenvalue weighted by molar-refractivity contribution is 5.45. The molecule has 0 saturated heterocycles. The molecule has 144 valence electrons. The molecule has 0 aliphatic carbocycles. The third-order valence-electron chi connectivity index (χ3n) is 4.66. The van der Waals surface area contributed by atoms with Crippen LogP contribution in [-0.4, -0.2) is 21.5 Å². The summed E-state index contributed by atoms with van der Waals surface area (Å²) in [6.45, 7) is 2.01. The Morgan fingerprint density at radius 2 is 1.82 bits per heavy atom. The minimum atomic E-state index is -4.49. The first-order chi connectivity index (χ1) is 13.5. The standard InChI is InChI=1S/C20H18F3N5/c21-20(22,23)17-7-9-24-19(27-17)26-12-14-5-6-18(25-11-14)28-10-8-15-3-1-2-4-16(15)13-28/h1-7,9,11H,8,10,12-13H2,(H,24,26,27). The molecular weight excluding hydrogens is 367 g/mol. The molecule has 0 bridgehead atoms. The van der Waals surface area contributed by atoms with Crippen LogP contribution in [0.15, 0.2) is 54.9 Å². The molecule has 1 aliphatic heterocycles. The summed E-state index contributed by atoms with van der Waals surface area (Å²) in [5.41, 5.74) is 2.55. The number of benzene rings is 1. The Morgan fingerprint density at radius 3 is 2.57 bits per heavy atom. The van der Waals surface area contributed by atoms with Crippen molar-refractivity contribution in [2.75, 3.05) is 16.8 Å². The van der Waals surface area contributed by atoms with Gasteiger partial charge in [-0.05, 0) is 35.2 Å². The molecule has 1 N–H and O–H groups in total. The van der Waals surface area contributed by atoms with Crippen LogP contribution < -0.4 is 10.2 Å². The molecule has 0 fully saturated rings. The van der Waals surface area contributed by atoms with E-state index in [2.05, 4.69) is 43.4 Å². The molecule has 28 heavy (non-hydrogen) atoms. The fourth-order valence-electron chi connectivity index (χ4n) is 3.18. The van der Waals surface area contributed by atoms with Gasteiger partial charge in [0.15, 0.2) is 0 Å². The Labute approximate surface area is 160 Å². The van der Waals surface area contributed by atoms with Crippen molar-refractivity contribution in [3.8, 4) is 0 Å². The highest BCUT2D eigenvalue weighted by Crippen LogP contribution is 2.27. The number of fused-ring (bicyclic) bond motifs is 1. The second kappa shape index (κ2) is 7.46. The number of nitrogens with zero attached hydrogens (tertiary/aromatic N) is 4. The summed E-state index contributed by atoms with van der Waals surface area (Å²) in [5, 5.41) is 2.81. The minimum absolute atomic E-state index is 0.0634. The van der Waals surface area contributed by atoms with E-state index in [0.29, 0.717) is 0 Å². The molecule has 4 rings (SSSR count). The van der Waals surface area contributed by atoms with E-state index in [9.17, 15) is 13.2 Å². The summed E-state index contributed by atoms with van der Waals surface area (Å²) in [5.74, 6) is 0.820. The second-order valence-corrected chi connectivity index (χ2v) is 6.58. The van der Waals surface area contributed by atoms with Gasteiger partial charge in [-0.15, -0.1) is 0 Å². The number of hydrogen-bond donors (Lipinski definition) is 1. The predicted molar refractivity (Wildman–Crippen MR) is 99.8 cm³/mol. The molecule has 5 nitrogen and oxygen atoms in total. The quantitative estimate of drug-likeness (QED) is 0.734. The Balaban J connectivity index is 1.39. The zero-order chi connectivity index (χ0) is 19.6. The molecule has 0 unspecified atom stereocenters. The molecule has 2 aromatic heterocycles. The van der Waals surface area contributed by atoms with Crippen LogP contribution >= 0.6 is 0 Å². The molecule has 3 heterocycles. The largest absolute Gasteiger partial charge is 0.433 e. The van der Waals surface area contributed by atoms with Crippen LogP contribution in [0.4, 0.5) is 24.9 Å². The van der Waals surface area contributed by atoms with Crippen molar-refractivity contribution in [3.63, 3.8) is 0 Å². The van der Waals surface area contributed by atoms with E-state index in [1.165, 1.54) is 11.1 Å². The zero-order valence-corrected chi connectivity index (χ0v) is 14.9. The van der Waals surface area contributed by atoms with Crippen LogP contribution in [0.3, 0.4) is 0 Å². The zero-order valence-electron chi connectivity index (χ0n) is 14.9. The fourth-order valence-corrected chi connectivity index (χ4v) is 3.18. The van der Waals surface area contributed by atoms with Crippen molar-refractivity contribution < 1.29 is 13.2 Å². The van der Waals surface area contributed by atoms with Gasteiger partial charge in [0.25, 0.3) is 0 Å². The molecule has 8 heteroatoms. The maximum absolute atomic E-state index is 12.7. The number of pyridine rings is 1. The average Bonchev–Trinajstić information content (AvgIpc) is 2.72. The number of rotatable bonds is 4. The van der Waals surface area contributed by atoms with Crippen molar-refractivity contribution >= 4 is 11.8 Å². The van der Waals surface area contributed by atoms with Crippen LogP contribution in [-0.2, 0) is 25.7 Å². The summed E-state index contributed by atoms with van der Waals surface area (Å²) in [6, 6.07) is 13.1. The van der Waals surface area contributed by atoms with Crippen LogP contribution in [0.1, 0.15) is 22.4 Å². The molecule has 0 atom stereocenters. The number of hydrogen-bond acceptors (Lipinski definition) is 5. The fraction of sp³-hybridized carbons (Fsp3) is 0.250. The van der Waals surface area contributed by atoms with E-state index in [-0.39, 0.29) is 12.5 Å². The number of nitrogens with one attached hydrogen (secondary N) is 1. The summed E-state index contributed by atoms with van der Waals surface area (Å²) in [6.07, 6.45) is -0.701. The SMILES string of the molecule is FC(F)(F)c1ccnc(NCc2ccc(N3CCc4ccccc4C3)nc2)n1. The highest BCUT2D eigenvalue weighted by atomic mass is 19.4. The van der Waals surface area contributed by atoms with Crippen molar-refractivity contribution in [2.45, 2.75) is 25.7 Å². The topological polar surface area (TPSA) is 53.9 Å². The number of halogens is 3. The Morgan fingerprint density at radius 1 is 1.00 bits per heavy atom. The van der Waals surface area contributed by atoms with E-state index >= 15 is 0 Å². The van der Waals surface area contributed by atoms with E-state index in [4.69, 9.17) is 0 Å². The molecule has 0 amide bonds. The average molecular weight is 385 g/mol. The van der Waals surface area contributed by atoms with Crippen molar-refractivity contribution in [3.05, 3.63) is 77.2 Å². The third kappa shape index (κ3) is 4.05. The van der Waals surface area contributed by atoms with Crippen molar-refractivity contribution in [2.24, 2.45) is 0 Å². The van der Waals surface area contributed by atoms with Gasteiger partial charge in [-0.2, -0.15) is 13.2 Å². The second-order valence-electron chi connectivity index (χ2n) is 6.58. The maximum atomic E-state index is 12.7. The van der Waals surface area contributed by atoms with E-state index < -0.39 is 11.9 Å². The third-order valence-corrected chi connectivity index (χ3v) is 4.66. The number of alkyl halides is 3. The lowest BCUT2D eigenvalue weighted by Crippen LogP contribution is -2.30. The van der Waals surface area contributed by atoms with Gasteiger partial charge in [-0.3, -0.25) is 0 Å². The smallest absolute Gasteiger partial charge is 0.352 e. The van der Waals surface area contributed by atoms with Crippen LogP contribution in [0, 0.1) is 0 Å². The normalized spacial score (nSPS) is 13.9.